The molecule has 0 aliphatic carbocycles. The Bertz CT molecular complexity index is 789. The maximum Gasteiger partial charge on any atom is 0.271 e. The SMILES string of the molecule is CCOc1ccc(C=NNC(=O)c2ccc(NC(C)=O)cc2)cc1Cl. The molecule has 0 heterocycles. The highest BCUT2D eigenvalue weighted by Gasteiger charge is 2.05. The summed E-state index contributed by atoms with van der Waals surface area (Å²) >= 11 is 6.09. The molecular weight excluding hydrogens is 342 g/mol. The summed E-state index contributed by atoms with van der Waals surface area (Å²) in [5.74, 6) is 0.0723. The van der Waals surface area contributed by atoms with Crippen molar-refractivity contribution in [3.8, 4) is 5.75 Å². The fraction of sp³-hybridized carbons (Fsp3) is 0.167. The van der Waals surface area contributed by atoms with Crippen molar-refractivity contribution in [1.82, 2.24) is 5.43 Å². The van der Waals surface area contributed by atoms with Crippen LogP contribution in [0.3, 0.4) is 0 Å². The van der Waals surface area contributed by atoms with E-state index in [0.29, 0.717) is 28.6 Å². The number of anilines is 1. The summed E-state index contributed by atoms with van der Waals surface area (Å²) in [5.41, 5.74) is 4.22. The lowest BCUT2D eigenvalue weighted by Gasteiger charge is -2.05. The molecule has 25 heavy (non-hydrogen) atoms. The van der Waals surface area contributed by atoms with Gasteiger partial charge in [0, 0.05) is 18.2 Å². The number of carbonyl (C=O) groups is 2. The zero-order chi connectivity index (χ0) is 18.2. The van der Waals surface area contributed by atoms with Crippen LogP contribution in [0.4, 0.5) is 5.69 Å². The number of halogens is 1. The molecule has 0 aliphatic rings. The van der Waals surface area contributed by atoms with Crippen LogP contribution in [0.15, 0.2) is 47.6 Å². The summed E-state index contributed by atoms with van der Waals surface area (Å²) in [4.78, 5) is 23.0. The lowest BCUT2D eigenvalue weighted by atomic mass is 10.2. The maximum absolute atomic E-state index is 12.0. The van der Waals surface area contributed by atoms with Gasteiger partial charge in [0.15, 0.2) is 0 Å². The fourth-order valence-electron chi connectivity index (χ4n) is 2.01. The average molecular weight is 360 g/mol. The fourth-order valence-corrected chi connectivity index (χ4v) is 2.25. The normalized spacial score (nSPS) is 10.5. The van der Waals surface area contributed by atoms with Crippen LogP contribution in [-0.4, -0.2) is 24.6 Å². The van der Waals surface area contributed by atoms with Crippen molar-refractivity contribution in [1.29, 1.82) is 0 Å². The lowest BCUT2D eigenvalue weighted by Crippen LogP contribution is -2.17. The van der Waals surface area contributed by atoms with Crippen molar-refractivity contribution in [2.45, 2.75) is 13.8 Å². The number of nitrogens with one attached hydrogen (secondary N) is 2. The number of hydrogen-bond donors (Lipinski definition) is 2. The van der Waals surface area contributed by atoms with E-state index in [9.17, 15) is 9.59 Å². The minimum absolute atomic E-state index is 0.171. The molecule has 0 unspecified atom stereocenters. The third-order valence-electron chi connectivity index (χ3n) is 3.10. The van der Waals surface area contributed by atoms with Crippen molar-refractivity contribution in [2.75, 3.05) is 11.9 Å². The van der Waals surface area contributed by atoms with E-state index in [-0.39, 0.29) is 11.8 Å². The number of ether oxygens (including phenoxy) is 1. The molecule has 0 fully saturated rings. The second-order valence-corrected chi connectivity index (χ2v) is 5.49. The van der Waals surface area contributed by atoms with E-state index in [4.69, 9.17) is 16.3 Å². The van der Waals surface area contributed by atoms with Crippen molar-refractivity contribution < 1.29 is 14.3 Å². The van der Waals surface area contributed by atoms with Gasteiger partial charge in [-0.05, 0) is 55.0 Å². The molecule has 2 amide bonds. The molecule has 7 heteroatoms. The predicted octanol–water partition coefficient (Wildman–Crippen LogP) is 3.46. The molecule has 0 saturated heterocycles. The molecule has 0 spiro atoms. The molecule has 6 nitrogen and oxygen atoms in total. The molecule has 0 bridgehead atoms. The first-order valence-corrected chi connectivity index (χ1v) is 8.00. The number of hydrogen-bond acceptors (Lipinski definition) is 4. The number of benzene rings is 2. The second-order valence-electron chi connectivity index (χ2n) is 5.08. The van der Waals surface area contributed by atoms with E-state index in [1.807, 2.05) is 6.92 Å². The van der Waals surface area contributed by atoms with Crippen LogP contribution in [0.25, 0.3) is 0 Å². The highest BCUT2D eigenvalue weighted by Crippen LogP contribution is 2.24. The van der Waals surface area contributed by atoms with Gasteiger partial charge in [0.2, 0.25) is 5.91 Å². The Morgan fingerprint density at radius 1 is 1.20 bits per heavy atom. The summed E-state index contributed by atoms with van der Waals surface area (Å²) in [7, 11) is 0. The minimum atomic E-state index is -0.359. The van der Waals surface area contributed by atoms with E-state index in [1.54, 1.807) is 42.5 Å². The van der Waals surface area contributed by atoms with E-state index in [1.165, 1.54) is 13.1 Å². The van der Waals surface area contributed by atoms with Gasteiger partial charge in [-0.3, -0.25) is 9.59 Å². The zero-order valence-corrected chi connectivity index (χ0v) is 14.6. The van der Waals surface area contributed by atoms with Gasteiger partial charge in [-0.15, -0.1) is 0 Å². The van der Waals surface area contributed by atoms with E-state index in [0.717, 1.165) is 5.56 Å². The number of amides is 2. The molecule has 0 saturated carbocycles. The van der Waals surface area contributed by atoms with Gasteiger partial charge < -0.3 is 10.1 Å². The minimum Gasteiger partial charge on any atom is -0.492 e. The standard InChI is InChI=1S/C18H18ClN3O3/c1-3-25-17-9-4-13(10-16(17)19)11-20-22-18(24)14-5-7-15(8-6-14)21-12(2)23/h4-11H,3H2,1-2H3,(H,21,23)(H,22,24). The predicted molar refractivity (Wildman–Crippen MR) is 98.4 cm³/mol. The van der Waals surface area contributed by atoms with Gasteiger partial charge in [0.05, 0.1) is 17.8 Å². The van der Waals surface area contributed by atoms with Crippen molar-refractivity contribution in [3.05, 3.63) is 58.6 Å². The number of carbonyl (C=O) groups excluding carboxylic acids is 2. The molecule has 0 aliphatic heterocycles. The molecular formula is C18H18ClN3O3. The Morgan fingerprint density at radius 2 is 1.92 bits per heavy atom. The summed E-state index contributed by atoms with van der Waals surface area (Å²) in [6.07, 6.45) is 1.49. The number of nitrogens with zero attached hydrogens (tertiary/aromatic N) is 1. The lowest BCUT2D eigenvalue weighted by molar-refractivity contribution is -0.114. The van der Waals surface area contributed by atoms with Crippen LogP contribution in [0, 0.1) is 0 Å². The van der Waals surface area contributed by atoms with Crippen LogP contribution >= 0.6 is 11.6 Å². The topological polar surface area (TPSA) is 79.8 Å². The summed E-state index contributed by atoms with van der Waals surface area (Å²) in [6, 6.07) is 11.7. The number of rotatable bonds is 6. The van der Waals surface area contributed by atoms with Gasteiger partial charge in [-0.25, -0.2) is 5.43 Å². The molecule has 2 aromatic rings. The number of hydrazone groups is 1. The second kappa shape index (κ2) is 8.84. The smallest absolute Gasteiger partial charge is 0.271 e. The first kappa shape index (κ1) is 18.5. The third-order valence-corrected chi connectivity index (χ3v) is 3.40. The summed E-state index contributed by atoms with van der Waals surface area (Å²) < 4.78 is 5.35. The monoisotopic (exact) mass is 359 g/mol. The molecule has 130 valence electrons. The Balaban J connectivity index is 1.96. The molecule has 0 aromatic heterocycles. The Kier molecular flexibility index (Phi) is 6.54. The maximum atomic E-state index is 12.0. The summed E-state index contributed by atoms with van der Waals surface area (Å²) in [5, 5.41) is 7.02. The third kappa shape index (κ3) is 5.61. The van der Waals surface area contributed by atoms with E-state index >= 15 is 0 Å². The summed E-state index contributed by atoms with van der Waals surface area (Å²) in [6.45, 7) is 3.83. The molecule has 2 aromatic carbocycles. The molecule has 0 radical (unpaired) electrons. The van der Waals surface area contributed by atoms with Crippen LogP contribution < -0.4 is 15.5 Å². The molecule has 0 atom stereocenters. The van der Waals surface area contributed by atoms with Crippen molar-refractivity contribution in [2.24, 2.45) is 5.10 Å². The van der Waals surface area contributed by atoms with Crippen LogP contribution in [0.1, 0.15) is 29.8 Å². The van der Waals surface area contributed by atoms with Gasteiger partial charge in [-0.2, -0.15) is 5.10 Å². The Morgan fingerprint density at radius 3 is 2.52 bits per heavy atom. The van der Waals surface area contributed by atoms with Gasteiger partial charge >= 0.3 is 0 Å². The van der Waals surface area contributed by atoms with Crippen molar-refractivity contribution >= 4 is 35.3 Å². The zero-order valence-electron chi connectivity index (χ0n) is 13.9. The average Bonchev–Trinajstić information content (AvgIpc) is 2.57. The highest BCUT2D eigenvalue weighted by atomic mass is 35.5. The van der Waals surface area contributed by atoms with E-state index in [2.05, 4.69) is 15.8 Å². The highest BCUT2D eigenvalue weighted by molar-refractivity contribution is 6.32. The van der Waals surface area contributed by atoms with Crippen LogP contribution in [-0.2, 0) is 4.79 Å². The van der Waals surface area contributed by atoms with Crippen LogP contribution in [0.2, 0.25) is 5.02 Å². The largest absolute Gasteiger partial charge is 0.492 e. The van der Waals surface area contributed by atoms with Gasteiger partial charge in [-0.1, -0.05) is 11.6 Å². The van der Waals surface area contributed by atoms with Gasteiger partial charge in [0.1, 0.15) is 5.75 Å². The Labute approximate surface area is 150 Å². The van der Waals surface area contributed by atoms with Gasteiger partial charge in [0.25, 0.3) is 5.91 Å². The van der Waals surface area contributed by atoms with E-state index < -0.39 is 0 Å². The quantitative estimate of drug-likeness (QED) is 0.612. The first-order chi connectivity index (χ1) is 12.0. The Hall–Kier alpha value is -2.86. The van der Waals surface area contributed by atoms with Crippen molar-refractivity contribution in [3.63, 3.8) is 0 Å². The molecule has 2 N–H and O–H groups in total. The first-order valence-electron chi connectivity index (χ1n) is 7.63. The van der Waals surface area contributed by atoms with Crippen LogP contribution in [0.5, 0.6) is 5.75 Å². The molecule has 2 rings (SSSR count).